The van der Waals surface area contributed by atoms with Crippen LogP contribution in [-0.4, -0.2) is 35.7 Å². The van der Waals surface area contributed by atoms with Gasteiger partial charge in [0.1, 0.15) is 0 Å². The molecule has 0 radical (unpaired) electrons. The summed E-state index contributed by atoms with van der Waals surface area (Å²) in [4.78, 5) is 6.29. The lowest BCUT2D eigenvalue weighted by Gasteiger charge is -2.30. The minimum Gasteiger partial charge on any atom is -0.370 e. The van der Waals surface area contributed by atoms with E-state index in [1.165, 1.54) is 0 Å². The highest BCUT2D eigenvalue weighted by molar-refractivity contribution is 5.78. The standard InChI is InChI=1S/C12H22N4O/c1-3-11(9-15-17)8-14-12(13)16-6-4-10(2)5-7-16/h3,8,10,15,17H,1,4-7,9H2,2H3,(H2,13,14)/b11-8+. The summed E-state index contributed by atoms with van der Waals surface area (Å²) in [6.07, 6.45) is 5.58. The van der Waals surface area contributed by atoms with Crippen LogP contribution in [0.5, 0.6) is 0 Å². The van der Waals surface area contributed by atoms with Crippen LogP contribution in [0.25, 0.3) is 0 Å². The zero-order valence-corrected chi connectivity index (χ0v) is 10.4. The van der Waals surface area contributed by atoms with Gasteiger partial charge < -0.3 is 15.8 Å². The van der Waals surface area contributed by atoms with Gasteiger partial charge in [-0.05, 0) is 24.3 Å². The van der Waals surface area contributed by atoms with Crippen molar-refractivity contribution in [2.24, 2.45) is 16.6 Å². The maximum Gasteiger partial charge on any atom is 0.195 e. The molecule has 17 heavy (non-hydrogen) atoms. The summed E-state index contributed by atoms with van der Waals surface area (Å²) in [5, 5.41) is 8.58. The Morgan fingerprint density at radius 1 is 1.59 bits per heavy atom. The highest BCUT2D eigenvalue weighted by Gasteiger charge is 2.16. The van der Waals surface area contributed by atoms with Crippen LogP contribution in [0, 0.1) is 5.92 Å². The zero-order chi connectivity index (χ0) is 12.7. The second-order valence-corrected chi connectivity index (χ2v) is 4.40. The first-order chi connectivity index (χ1) is 8.17. The van der Waals surface area contributed by atoms with Gasteiger partial charge in [0.15, 0.2) is 5.96 Å². The van der Waals surface area contributed by atoms with Gasteiger partial charge in [-0.2, -0.15) is 0 Å². The van der Waals surface area contributed by atoms with Crippen molar-refractivity contribution in [3.8, 4) is 0 Å². The average molecular weight is 238 g/mol. The first kappa shape index (κ1) is 13.7. The Morgan fingerprint density at radius 2 is 2.24 bits per heavy atom. The number of aliphatic imine (C=N–C) groups is 1. The lowest BCUT2D eigenvalue weighted by atomic mass is 10.00. The second-order valence-electron chi connectivity index (χ2n) is 4.40. The molecule has 0 spiro atoms. The summed E-state index contributed by atoms with van der Waals surface area (Å²) in [6.45, 7) is 8.14. The number of likely N-dealkylation sites (tertiary alicyclic amines) is 1. The Kier molecular flexibility index (Phi) is 5.72. The minimum atomic E-state index is 0.317. The molecule has 0 amide bonds. The van der Waals surface area contributed by atoms with Crippen molar-refractivity contribution in [3.05, 3.63) is 24.4 Å². The van der Waals surface area contributed by atoms with Crippen LogP contribution in [0.4, 0.5) is 0 Å². The number of guanidine groups is 1. The maximum atomic E-state index is 8.58. The highest BCUT2D eigenvalue weighted by Crippen LogP contribution is 2.15. The van der Waals surface area contributed by atoms with E-state index in [1.807, 2.05) is 0 Å². The number of hydrogen-bond donors (Lipinski definition) is 3. The van der Waals surface area contributed by atoms with Crippen LogP contribution in [0.1, 0.15) is 19.8 Å². The molecule has 1 heterocycles. The van der Waals surface area contributed by atoms with Gasteiger partial charge in [-0.1, -0.05) is 19.6 Å². The smallest absolute Gasteiger partial charge is 0.195 e. The fraction of sp³-hybridized carbons (Fsp3) is 0.583. The Bertz CT molecular complexity index is 304. The van der Waals surface area contributed by atoms with Gasteiger partial charge in [0.25, 0.3) is 0 Å². The number of piperidine rings is 1. The van der Waals surface area contributed by atoms with Crippen LogP contribution >= 0.6 is 0 Å². The van der Waals surface area contributed by atoms with Gasteiger partial charge in [0, 0.05) is 25.8 Å². The van der Waals surface area contributed by atoms with Gasteiger partial charge in [-0.3, -0.25) is 0 Å². The molecule has 0 atom stereocenters. The van der Waals surface area contributed by atoms with Crippen molar-refractivity contribution in [1.82, 2.24) is 10.4 Å². The molecule has 1 rings (SSSR count). The van der Waals surface area contributed by atoms with Crippen LogP contribution in [0.2, 0.25) is 0 Å². The van der Waals surface area contributed by atoms with Crippen molar-refractivity contribution < 1.29 is 5.21 Å². The van der Waals surface area contributed by atoms with Crippen molar-refractivity contribution in [2.45, 2.75) is 19.8 Å². The van der Waals surface area contributed by atoms with E-state index in [0.717, 1.165) is 37.4 Å². The molecule has 0 aromatic carbocycles. The van der Waals surface area contributed by atoms with Crippen LogP contribution in [0.15, 0.2) is 29.4 Å². The summed E-state index contributed by atoms with van der Waals surface area (Å²) < 4.78 is 0. The fourth-order valence-corrected chi connectivity index (χ4v) is 1.73. The number of nitrogens with one attached hydrogen (secondary N) is 1. The van der Waals surface area contributed by atoms with Crippen molar-refractivity contribution in [2.75, 3.05) is 19.6 Å². The largest absolute Gasteiger partial charge is 0.370 e. The monoisotopic (exact) mass is 238 g/mol. The molecule has 5 heteroatoms. The van der Waals surface area contributed by atoms with E-state index in [2.05, 4.69) is 28.9 Å². The Labute approximate surface area is 103 Å². The van der Waals surface area contributed by atoms with Crippen molar-refractivity contribution in [3.63, 3.8) is 0 Å². The number of nitrogens with zero attached hydrogens (tertiary/aromatic N) is 2. The fourth-order valence-electron chi connectivity index (χ4n) is 1.73. The summed E-state index contributed by atoms with van der Waals surface area (Å²) >= 11 is 0. The van der Waals surface area contributed by atoms with E-state index in [9.17, 15) is 0 Å². The summed E-state index contributed by atoms with van der Waals surface area (Å²) in [7, 11) is 0. The lowest BCUT2D eigenvalue weighted by molar-refractivity contribution is 0.177. The van der Waals surface area contributed by atoms with Crippen LogP contribution < -0.4 is 11.2 Å². The molecular weight excluding hydrogens is 216 g/mol. The molecule has 1 fully saturated rings. The predicted octanol–water partition coefficient (Wildman–Crippen LogP) is 1.08. The quantitative estimate of drug-likeness (QED) is 0.296. The molecule has 4 N–H and O–H groups in total. The van der Waals surface area contributed by atoms with Gasteiger partial charge in [0.2, 0.25) is 0 Å². The topological polar surface area (TPSA) is 73.9 Å². The van der Waals surface area contributed by atoms with Crippen LogP contribution in [0.3, 0.4) is 0 Å². The second kappa shape index (κ2) is 7.09. The molecule has 0 aromatic rings. The normalized spacial score (nSPS) is 19.5. The summed E-state index contributed by atoms with van der Waals surface area (Å²) in [6, 6.07) is 0. The van der Waals surface area contributed by atoms with Gasteiger partial charge in [-0.25, -0.2) is 10.5 Å². The maximum absolute atomic E-state index is 8.58. The Balaban J connectivity index is 2.56. The molecule has 0 unspecified atom stereocenters. The van der Waals surface area contributed by atoms with E-state index in [4.69, 9.17) is 10.9 Å². The Hall–Kier alpha value is -1.33. The lowest BCUT2D eigenvalue weighted by Crippen LogP contribution is -2.42. The molecular formula is C12H22N4O. The van der Waals surface area contributed by atoms with E-state index >= 15 is 0 Å². The Morgan fingerprint density at radius 3 is 2.76 bits per heavy atom. The molecule has 0 saturated carbocycles. The van der Waals surface area contributed by atoms with Gasteiger partial charge in [-0.15, -0.1) is 0 Å². The number of nitrogens with two attached hydrogens (primary N) is 1. The third-order valence-electron chi connectivity index (χ3n) is 3.02. The molecule has 1 aliphatic rings. The highest BCUT2D eigenvalue weighted by atomic mass is 16.5. The molecule has 1 saturated heterocycles. The van der Waals surface area contributed by atoms with E-state index < -0.39 is 0 Å². The predicted molar refractivity (Wildman–Crippen MR) is 69.7 cm³/mol. The average Bonchev–Trinajstić information content (AvgIpc) is 2.35. The molecule has 0 aliphatic carbocycles. The minimum absolute atomic E-state index is 0.317. The summed E-state index contributed by atoms with van der Waals surface area (Å²) in [5.41, 5.74) is 8.76. The van der Waals surface area contributed by atoms with Crippen molar-refractivity contribution >= 4 is 5.96 Å². The van der Waals surface area contributed by atoms with E-state index in [-0.39, 0.29) is 0 Å². The molecule has 0 bridgehead atoms. The third kappa shape index (κ3) is 4.58. The SMILES string of the molecule is C=C/C(=C\N=C(N)N1CCC(C)CC1)CNO. The zero-order valence-electron chi connectivity index (χ0n) is 10.4. The molecule has 96 valence electrons. The van der Waals surface area contributed by atoms with Gasteiger partial charge in [0.05, 0.1) is 0 Å². The first-order valence-corrected chi connectivity index (χ1v) is 5.94. The van der Waals surface area contributed by atoms with E-state index in [0.29, 0.717) is 12.5 Å². The van der Waals surface area contributed by atoms with Gasteiger partial charge >= 0.3 is 0 Å². The number of hydroxylamine groups is 1. The summed E-state index contributed by atoms with van der Waals surface area (Å²) in [5.74, 6) is 1.31. The molecule has 0 aromatic heterocycles. The number of rotatable bonds is 4. The molecule has 1 aliphatic heterocycles. The van der Waals surface area contributed by atoms with Crippen LogP contribution in [-0.2, 0) is 0 Å². The number of hydrogen-bond acceptors (Lipinski definition) is 3. The first-order valence-electron chi connectivity index (χ1n) is 5.94. The van der Waals surface area contributed by atoms with Crippen molar-refractivity contribution in [1.29, 1.82) is 0 Å². The third-order valence-corrected chi connectivity index (χ3v) is 3.02. The van der Waals surface area contributed by atoms with E-state index in [1.54, 1.807) is 12.3 Å². The molecule has 5 nitrogen and oxygen atoms in total.